The van der Waals surface area contributed by atoms with Crippen LogP contribution < -0.4 is 4.90 Å². The molecule has 0 saturated heterocycles. The minimum Gasteiger partial charge on any atom is -0.465 e. The van der Waals surface area contributed by atoms with Gasteiger partial charge < -0.3 is 9.64 Å². The number of hydrogen-bond donors (Lipinski definition) is 0. The second kappa shape index (κ2) is 6.54. The molecule has 1 amide bonds. The van der Waals surface area contributed by atoms with Gasteiger partial charge in [0.05, 0.1) is 12.7 Å². The molecule has 0 fully saturated rings. The molecule has 0 aliphatic carbocycles. The van der Waals surface area contributed by atoms with Gasteiger partial charge in [-0.3, -0.25) is 4.79 Å². The molecule has 118 valence electrons. The van der Waals surface area contributed by atoms with E-state index >= 15 is 0 Å². The van der Waals surface area contributed by atoms with Crippen molar-refractivity contribution >= 4 is 33.5 Å². The zero-order valence-corrected chi connectivity index (χ0v) is 14.3. The lowest BCUT2D eigenvalue weighted by Gasteiger charge is -2.29. The van der Waals surface area contributed by atoms with E-state index in [1.165, 1.54) is 12.7 Å². The summed E-state index contributed by atoms with van der Waals surface area (Å²) in [4.78, 5) is 26.1. The Kier molecular flexibility index (Phi) is 4.48. The largest absolute Gasteiger partial charge is 0.465 e. The van der Waals surface area contributed by atoms with E-state index in [-0.39, 0.29) is 5.91 Å². The lowest BCUT2D eigenvalue weighted by molar-refractivity contribution is 0.0600. The molecule has 2 aromatic carbocycles. The van der Waals surface area contributed by atoms with Gasteiger partial charge in [0, 0.05) is 22.3 Å². The zero-order valence-electron chi connectivity index (χ0n) is 12.7. The van der Waals surface area contributed by atoms with Crippen molar-refractivity contribution < 1.29 is 14.3 Å². The summed E-state index contributed by atoms with van der Waals surface area (Å²) in [6, 6.07) is 12.6. The van der Waals surface area contributed by atoms with Gasteiger partial charge in [-0.25, -0.2) is 4.79 Å². The third kappa shape index (κ3) is 3.15. The Hall–Kier alpha value is -2.14. The van der Waals surface area contributed by atoms with Gasteiger partial charge >= 0.3 is 5.97 Å². The molecule has 1 heterocycles. The zero-order chi connectivity index (χ0) is 16.4. The van der Waals surface area contributed by atoms with Gasteiger partial charge in [-0.1, -0.05) is 15.9 Å². The molecule has 1 aliphatic heterocycles. The maximum Gasteiger partial charge on any atom is 0.337 e. The molecule has 0 bridgehead atoms. The van der Waals surface area contributed by atoms with E-state index in [1.54, 1.807) is 29.2 Å². The van der Waals surface area contributed by atoms with Gasteiger partial charge in [0.2, 0.25) is 0 Å². The molecule has 0 unspecified atom stereocenters. The first kappa shape index (κ1) is 15.7. The number of carbonyl (C=O) groups excluding carboxylic acids is 2. The summed E-state index contributed by atoms with van der Waals surface area (Å²) < 4.78 is 5.69. The fourth-order valence-corrected chi connectivity index (χ4v) is 3.21. The van der Waals surface area contributed by atoms with E-state index in [0.29, 0.717) is 17.7 Å². The lowest BCUT2D eigenvalue weighted by atomic mass is 10.0. The Morgan fingerprint density at radius 2 is 1.78 bits per heavy atom. The van der Waals surface area contributed by atoms with E-state index in [2.05, 4.69) is 26.7 Å². The molecule has 0 N–H and O–H groups in total. The minimum atomic E-state index is -0.405. The Bertz CT molecular complexity index is 755. The number of hydrogen-bond acceptors (Lipinski definition) is 3. The van der Waals surface area contributed by atoms with Gasteiger partial charge in [-0.2, -0.15) is 0 Å². The Balaban J connectivity index is 1.88. The van der Waals surface area contributed by atoms with Crippen molar-refractivity contribution in [2.24, 2.45) is 0 Å². The van der Waals surface area contributed by atoms with E-state index in [1.807, 2.05) is 12.1 Å². The van der Waals surface area contributed by atoms with Crippen molar-refractivity contribution in [3.63, 3.8) is 0 Å². The summed E-state index contributed by atoms with van der Waals surface area (Å²) in [5.74, 6) is -0.457. The van der Waals surface area contributed by atoms with Crippen LogP contribution >= 0.6 is 15.9 Å². The highest BCUT2D eigenvalue weighted by Gasteiger charge is 2.23. The van der Waals surface area contributed by atoms with Crippen molar-refractivity contribution in [1.82, 2.24) is 0 Å². The summed E-state index contributed by atoms with van der Waals surface area (Å²) in [7, 11) is 1.34. The number of methoxy groups -OCH3 is 1. The van der Waals surface area contributed by atoms with Crippen LogP contribution in [0.3, 0.4) is 0 Å². The first-order chi connectivity index (χ1) is 11.1. The molecular weight excluding hydrogens is 358 g/mol. The third-order valence-electron chi connectivity index (χ3n) is 3.96. The molecular formula is C18H16BrNO3. The first-order valence-corrected chi connectivity index (χ1v) is 8.18. The molecule has 0 radical (unpaired) electrons. The third-order valence-corrected chi connectivity index (χ3v) is 4.45. The summed E-state index contributed by atoms with van der Waals surface area (Å²) in [5, 5.41) is 0. The van der Waals surface area contributed by atoms with E-state index in [9.17, 15) is 9.59 Å². The number of carbonyl (C=O) groups is 2. The van der Waals surface area contributed by atoms with E-state index in [4.69, 9.17) is 0 Å². The molecule has 3 rings (SSSR count). The maximum absolute atomic E-state index is 12.8. The average Bonchev–Trinajstić information content (AvgIpc) is 2.59. The number of halogens is 1. The Labute approximate surface area is 143 Å². The topological polar surface area (TPSA) is 46.6 Å². The predicted molar refractivity (Wildman–Crippen MR) is 91.9 cm³/mol. The van der Waals surface area contributed by atoms with Crippen LogP contribution in [0.4, 0.5) is 5.69 Å². The first-order valence-electron chi connectivity index (χ1n) is 7.39. The number of rotatable bonds is 2. The van der Waals surface area contributed by atoms with Crippen molar-refractivity contribution in [3.8, 4) is 0 Å². The smallest absolute Gasteiger partial charge is 0.337 e. The van der Waals surface area contributed by atoms with Gasteiger partial charge in [0.15, 0.2) is 0 Å². The van der Waals surface area contributed by atoms with E-state index in [0.717, 1.165) is 23.0 Å². The predicted octanol–water partition coefficient (Wildman–Crippen LogP) is 3.83. The van der Waals surface area contributed by atoms with Crippen molar-refractivity contribution in [2.45, 2.75) is 12.8 Å². The number of aryl methyl sites for hydroxylation is 1. The number of amides is 1. The molecule has 5 heteroatoms. The summed E-state index contributed by atoms with van der Waals surface area (Å²) >= 11 is 3.47. The highest BCUT2D eigenvalue weighted by atomic mass is 79.9. The highest BCUT2D eigenvalue weighted by Crippen LogP contribution is 2.30. The second-order valence-corrected chi connectivity index (χ2v) is 6.32. The SMILES string of the molecule is COC(=O)c1ccc(C(=O)N2CCCc3cc(Br)ccc32)cc1. The fraction of sp³-hybridized carbons (Fsp3) is 0.222. The highest BCUT2D eigenvalue weighted by molar-refractivity contribution is 9.10. The summed E-state index contributed by atoms with van der Waals surface area (Å²) in [5.41, 5.74) is 3.13. The summed E-state index contributed by atoms with van der Waals surface area (Å²) in [6.07, 6.45) is 1.91. The standard InChI is InChI=1S/C18H16BrNO3/c1-23-18(22)13-6-4-12(5-7-13)17(21)20-10-2-3-14-11-15(19)8-9-16(14)20/h4-9,11H,2-3,10H2,1H3. The number of anilines is 1. The van der Waals surface area contributed by atoms with Crippen molar-refractivity contribution in [1.29, 1.82) is 0 Å². The number of nitrogens with zero attached hydrogens (tertiary/aromatic N) is 1. The number of fused-ring (bicyclic) bond motifs is 1. The van der Waals surface area contributed by atoms with E-state index < -0.39 is 5.97 Å². The van der Waals surface area contributed by atoms with Crippen molar-refractivity contribution in [2.75, 3.05) is 18.6 Å². The maximum atomic E-state index is 12.8. The van der Waals surface area contributed by atoms with Crippen LogP contribution in [0.2, 0.25) is 0 Å². The summed E-state index contributed by atoms with van der Waals surface area (Å²) in [6.45, 7) is 0.701. The fourth-order valence-electron chi connectivity index (χ4n) is 2.80. The van der Waals surface area contributed by atoms with Crippen LogP contribution in [0.25, 0.3) is 0 Å². The molecule has 2 aromatic rings. The van der Waals surface area contributed by atoms with Gasteiger partial charge in [-0.15, -0.1) is 0 Å². The average molecular weight is 374 g/mol. The van der Waals surface area contributed by atoms with Crippen molar-refractivity contribution in [3.05, 3.63) is 63.6 Å². The number of benzene rings is 2. The van der Waals surface area contributed by atoms with Crippen LogP contribution in [0.1, 0.15) is 32.7 Å². The molecule has 0 spiro atoms. The van der Waals surface area contributed by atoms with Crippen LogP contribution in [0, 0.1) is 0 Å². The van der Waals surface area contributed by atoms with Crippen LogP contribution in [0.5, 0.6) is 0 Å². The Morgan fingerprint density at radius 1 is 1.09 bits per heavy atom. The van der Waals surface area contributed by atoms with Gasteiger partial charge in [0.25, 0.3) is 5.91 Å². The molecule has 0 saturated carbocycles. The molecule has 23 heavy (non-hydrogen) atoms. The lowest BCUT2D eigenvalue weighted by Crippen LogP contribution is -2.35. The molecule has 0 atom stereocenters. The van der Waals surface area contributed by atoms with Crippen LogP contribution in [-0.4, -0.2) is 25.5 Å². The molecule has 0 aromatic heterocycles. The van der Waals surface area contributed by atoms with Crippen LogP contribution in [-0.2, 0) is 11.2 Å². The van der Waals surface area contributed by atoms with Gasteiger partial charge in [-0.05, 0) is 60.9 Å². The molecule has 4 nitrogen and oxygen atoms in total. The quantitative estimate of drug-likeness (QED) is 0.751. The normalized spacial score (nSPS) is 13.4. The van der Waals surface area contributed by atoms with Gasteiger partial charge in [0.1, 0.15) is 0 Å². The number of ether oxygens (including phenoxy) is 1. The monoisotopic (exact) mass is 373 g/mol. The Morgan fingerprint density at radius 3 is 2.48 bits per heavy atom. The molecule has 1 aliphatic rings. The second-order valence-electron chi connectivity index (χ2n) is 5.40. The number of esters is 1. The minimum absolute atomic E-state index is 0.0512. The van der Waals surface area contributed by atoms with Crippen LogP contribution in [0.15, 0.2) is 46.9 Å².